The fourth-order valence-electron chi connectivity index (χ4n) is 3.08. The third-order valence-corrected chi connectivity index (χ3v) is 3.96. The molecule has 1 aliphatic rings. The van der Waals surface area contributed by atoms with Crippen molar-refractivity contribution in [2.24, 2.45) is 0 Å². The van der Waals surface area contributed by atoms with Gasteiger partial charge in [-0.2, -0.15) is 0 Å². The normalized spacial score (nSPS) is 12.8. The van der Waals surface area contributed by atoms with E-state index in [1.165, 1.54) is 0 Å². The van der Waals surface area contributed by atoms with E-state index in [1.807, 2.05) is 30.3 Å². The van der Waals surface area contributed by atoms with Gasteiger partial charge in [0.05, 0.1) is 25.5 Å². The van der Waals surface area contributed by atoms with E-state index in [4.69, 9.17) is 9.47 Å². The summed E-state index contributed by atoms with van der Waals surface area (Å²) in [6.07, 6.45) is 0. The molecule has 21 heavy (non-hydrogen) atoms. The number of fused-ring (bicyclic) bond motifs is 2. The van der Waals surface area contributed by atoms with Gasteiger partial charge in [-0.25, -0.2) is 0 Å². The number of carbonyl (C=O) groups is 1. The summed E-state index contributed by atoms with van der Waals surface area (Å²) in [5, 5.41) is 6.83. The Morgan fingerprint density at radius 1 is 1.00 bits per heavy atom. The molecule has 0 spiro atoms. The Morgan fingerprint density at radius 2 is 1.81 bits per heavy atom. The number of methoxy groups -OCH3 is 2. The fourth-order valence-corrected chi connectivity index (χ4v) is 3.08. The van der Waals surface area contributed by atoms with Crippen molar-refractivity contribution in [1.29, 1.82) is 0 Å². The Balaban J connectivity index is 2.32. The van der Waals surface area contributed by atoms with Crippen LogP contribution in [0.3, 0.4) is 0 Å². The topological polar surface area (TPSA) is 47.6 Å². The van der Waals surface area contributed by atoms with Crippen LogP contribution in [0.15, 0.2) is 36.4 Å². The van der Waals surface area contributed by atoms with Gasteiger partial charge >= 0.3 is 0 Å². The zero-order valence-corrected chi connectivity index (χ0v) is 11.7. The maximum atomic E-state index is 12.2. The summed E-state index contributed by atoms with van der Waals surface area (Å²) in [4.78, 5) is 12.2. The van der Waals surface area contributed by atoms with Crippen LogP contribution in [0.2, 0.25) is 0 Å². The zero-order valence-electron chi connectivity index (χ0n) is 11.7. The number of rotatable bonds is 2. The third kappa shape index (κ3) is 1.47. The summed E-state index contributed by atoms with van der Waals surface area (Å²) < 4.78 is 11.0. The van der Waals surface area contributed by atoms with Gasteiger partial charge in [0.1, 0.15) is 0 Å². The lowest BCUT2D eigenvalue weighted by Gasteiger charge is -2.14. The Kier molecular flexibility index (Phi) is 2.36. The van der Waals surface area contributed by atoms with Crippen LogP contribution < -0.4 is 14.8 Å². The molecule has 4 heteroatoms. The minimum absolute atomic E-state index is 0.105. The van der Waals surface area contributed by atoms with Crippen LogP contribution in [0.4, 0.5) is 5.69 Å². The van der Waals surface area contributed by atoms with E-state index in [2.05, 4.69) is 5.32 Å². The molecule has 1 amide bonds. The molecule has 1 N–H and O–H groups in total. The lowest BCUT2D eigenvalue weighted by molar-refractivity contribution is 0.103. The second-order valence-electron chi connectivity index (χ2n) is 5.01. The molecule has 3 aromatic carbocycles. The average molecular weight is 279 g/mol. The summed E-state index contributed by atoms with van der Waals surface area (Å²) in [5.41, 5.74) is 1.45. The molecule has 0 saturated carbocycles. The van der Waals surface area contributed by atoms with Crippen molar-refractivity contribution in [1.82, 2.24) is 0 Å². The quantitative estimate of drug-likeness (QED) is 0.729. The van der Waals surface area contributed by atoms with E-state index in [1.54, 1.807) is 20.3 Å². The molecule has 0 aliphatic carbocycles. The summed E-state index contributed by atoms with van der Waals surface area (Å²) >= 11 is 0. The summed E-state index contributed by atoms with van der Waals surface area (Å²) in [7, 11) is 3.20. The lowest BCUT2D eigenvalue weighted by Crippen LogP contribution is -2.04. The van der Waals surface area contributed by atoms with E-state index in [0.29, 0.717) is 17.1 Å². The molecule has 0 bridgehead atoms. The molecule has 4 nitrogen and oxygen atoms in total. The number of amides is 1. The summed E-state index contributed by atoms with van der Waals surface area (Å²) in [5.74, 6) is 1.12. The van der Waals surface area contributed by atoms with Crippen LogP contribution in [-0.2, 0) is 0 Å². The van der Waals surface area contributed by atoms with Gasteiger partial charge in [-0.1, -0.05) is 24.3 Å². The van der Waals surface area contributed by atoms with Crippen molar-refractivity contribution in [2.75, 3.05) is 19.5 Å². The van der Waals surface area contributed by atoms with Crippen LogP contribution >= 0.6 is 0 Å². The minimum atomic E-state index is -0.105. The van der Waals surface area contributed by atoms with Crippen LogP contribution in [0, 0.1) is 0 Å². The highest BCUT2D eigenvalue weighted by atomic mass is 16.5. The first kappa shape index (κ1) is 12.0. The monoisotopic (exact) mass is 279 g/mol. The molecule has 0 radical (unpaired) electrons. The van der Waals surface area contributed by atoms with Gasteiger partial charge in [0.15, 0.2) is 11.5 Å². The average Bonchev–Trinajstić information content (AvgIpc) is 2.83. The van der Waals surface area contributed by atoms with Crippen LogP contribution in [0.5, 0.6) is 11.5 Å². The minimum Gasteiger partial charge on any atom is -0.493 e. The standard InChI is InChI=1S/C17H13NO3/c1-20-13-8-11-14-12(18-17(11)19)7-9-5-3-4-6-10(9)15(14)16(13)21-2/h3-8H,1-2H3,(H,18,19). The number of hydrogen-bond donors (Lipinski definition) is 1. The fraction of sp³-hybridized carbons (Fsp3) is 0.118. The first-order chi connectivity index (χ1) is 10.2. The number of ether oxygens (including phenoxy) is 2. The Morgan fingerprint density at radius 3 is 2.57 bits per heavy atom. The maximum absolute atomic E-state index is 12.2. The summed E-state index contributed by atoms with van der Waals surface area (Å²) in [6.45, 7) is 0. The van der Waals surface area contributed by atoms with Gasteiger partial charge in [-0.05, 0) is 22.9 Å². The largest absolute Gasteiger partial charge is 0.493 e. The van der Waals surface area contributed by atoms with Crippen molar-refractivity contribution in [2.45, 2.75) is 0 Å². The summed E-state index contributed by atoms with van der Waals surface area (Å²) in [6, 6.07) is 11.7. The highest BCUT2D eigenvalue weighted by molar-refractivity contribution is 6.30. The van der Waals surface area contributed by atoms with Crippen LogP contribution in [0.25, 0.3) is 21.5 Å². The van der Waals surface area contributed by atoms with Crippen molar-refractivity contribution < 1.29 is 14.3 Å². The first-order valence-electron chi connectivity index (χ1n) is 6.66. The van der Waals surface area contributed by atoms with Gasteiger partial charge in [-0.15, -0.1) is 0 Å². The SMILES string of the molecule is COc1cc2c3c(cc4ccccc4c3c1OC)NC2=O. The molecule has 4 rings (SSSR count). The molecule has 3 aromatic rings. The molecule has 1 heterocycles. The first-order valence-corrected chi connectivity index (χ1v) is 6.66. The molecule has 1 aliphatic heterocycles. The number of carbonyl (C=O) groups excluding carboxylic acids is 1. The smallest absolute Gasteiger partial charge is 0.256 e. The highest BCUT2D eigenvalue weighted by Crippen LogP contribution is 2.47. The molecule has 0 unspecified atom stereocenters. The van der Waals surface area contributed by atoms with Crippen molar-refractivity contribution in [3.8, 4) is 11.5 Å². The van der Waals surface area contributed by atoms with E-state index in [-0.39, 0.29) is 5.91 Å². The third-order valence-electron chi connectivity index (χ3n) is 3.96. The van der Waals surface area contributed by atoms with Gasteiger partial charge in [0, 0.05) is 10.8 Å². The van der Waals surface area contributed by atoms with E-state index in [9.17, 15) is 4.79 Å². The predicted octanol–water partition coefficient (Wildman–Crippen LogP) is 3.58. The number of nitrogens with one attached hydrogen (secondary N) is 1. The van der Waals surface area contributed by atoms with Crippen LogP contribution in [-0.4, -0.2) is 20.1 Å². The lowest BCUT2D eigenvalue weighted by atomic mass is 9.97. The number of anilines is 1. The van der Waals surface area contributed by atoms with E-state index < -0.39 is 0 Å². The molecular weight excluding hydrogens is 266 g/mol. The van der Waals surface area contributed by atoms with Gasteiger partial charge in [-0.3, -0.25) is 4.79 Å². The Bertz CT molecular complexity index is 915. The van der Waals surface area contributed by atoms with Crippen molar-refractivity contribution >= 4 is 33.1 Å². The Labute approximate surface area is 121 Å². The maximum Gasteiger partial charge on any atom is 0.256 e. The molecule has 0 atom stereocenters. The van der Waals surface area contributed by atoms with Gasteiger partial charge in [0.25, 0.3) is 5.91 Å². The van der Waals surface area contributed by atoms with E-state index >= 15 is 0 Å². The molecular formula is C17H13NO3. The van der Waals surface area contributed by atoms with Crippen molar-refractivity contribution in [3.05, 3.63) is 42.0 Å². The van der Waals surface area contributed by atoms with Crippen LogP contribution in [0.1, 0.15) is 10.4 Å². The second kappa shape index (κ2) is 4.12. The molecule has 0 saturated heterocycles. The van der Waals surface area contributed by atoms with Crippen molar-refractivity contribution in [3.63, 3.8) is 0 Å². The predicted molar refractivity (Wildman–Crippen MR) is 82.5 cm³/mol. The van der Waals surface area contributed by atoms with Gasteiger partial charge in [0.2, 0.25) is 0 Å². The molecule has 104 valence electrons. The molecule has 0 aromatic heterocycles. The second-order valence-corrected chi connectivity index (χ2v) is 5.01. The highest BCUT2D eigenvalue weighted by Gasteiger charge is 2.27. The Hall–Kier alpha value is -2.75. The van der Waals surface area contributed by atoms with E-state index in [0.717, 1.165) is 27.2 Å². The van der Waals surface area contributed by atoms with Gasteiger partial charge < -0.3 is 14.8 Å². The number of benzene rings is 3. The number of hydrogen-bond acceptors (Lipinski definition) is 3. The molecule has 0 fully saturated rings. The zero-order chi connectivity index (χ0) is 14.6.